The van der Waals surface area contributed by atoms with Crippen LogP contribution in [0.15, 0.2) is 77.7 Å². The monoisotopic (exact) mass is 393 g/mol. The average molecular weight is 393 g/mol. The van der Waals surface area contributed by atoms with Crippen molar-refractivity contribution in [3.8, 4) is 5.75 Å². The van der Waals surface area contributed by atoms with Gasteiger partial charge in [-0.15, -0.1) is 0 Å². The van der Waals surface area contributed by atoms with Crippen LogP contribution in [0.2, 0.25) is 0 Å². The first kappa shape index (κ1) is 18.3. The summed E-state index contributed by atoms with van der Waals surface area (Å²) in [5.74, 6) is -0.181. The predicted octanol–water partition coefficient (Wildman–Crippen LogP) is 3.97. The number of nitrogens with zero attached hydrogens (tertiary/aromatic N) is 1. The Morgan fingerprint density at radius 2 is 1.71 bits per heavy atom. The number of hydrogen-bond donors (Lipinski definition) is 0. The summed E-state index contributed by atoms with van der Waals surface area (Å²) in [4.78, 5) is 12.5. The quantitative estimate of drug-likeness (QED) is 0.497. The fourth-order valence-electron chi connectivity index (χ4n) is 3.24. The first-order valence-electron chi connectivity index (χ1n) is 8.95. The van der Waals surface area contributed by atoms with Crippen LogP contribution in [0.5, 0.6) is 5.75 Å². The third-order valence-corrected chi connectivity index (χ3v) is 6.54. The number of hydrogen-bond acceptors (Lipinski definition) is 4. The normalized spacial score (nSPS) is 13.2. The van der Waals surface area contributed by atoms with Crippen LogP contribution in [0, 0.1) is 6.92 Å². The Bertz CT molecular complexity index is 1140. The number of rotatable bonds is 4. The first-order chi connectivity index (χ1) is 13.4. The minimum absolute atomic E-state index is 0.0718. The van der Waals surface area contributed by atoms with E-state index in [1.165, 1.54) is 16.4 Å². The van der Waals surface area contributed by atoms with Gasteiger partial charge in [0.25, 0.3) is 10.0 Å². The molecule has 4 rings (SSSR count). The molecule has 0 amide bonds. The van der Waals surface area contributed by atoms with Crippen LogP contribution in [0.3, 0.4) is 0 Å². The van der Waals surface area contributed by atoms with E-state index in [1.807, 2.05) is 37.3 Å². The molecule has 3 aromatic carbocycles. The second-order valence-electron chi connectivity index (χ2n) is 6.69. The van der Waals surface area contributed by atoms with Gasteiger partial charge in [-0.05, 0) is 55.3 Å². The van der Waals surface area contributed by atoms with E-state index in [4.69, 9.17) is 4.74 Å². The van der Waals surface area contributed by atoms with Crippen molar-refractivity contribution < 1.29 is 17.9 Å². The van der Waals surface area contributed by atoms with Crippen molar-refractivity contribution in [1.29, 1.82) is 0 Å². The summed E-state index contributed by atoms with van der Waals surface area (Å²) in [5, 5.41) is 0. The lowest BCUT2D eigenvalue weighted by Crippen LogP contribution is -2.29. The van der Waals surface area contributed by atoms with Gasteiger partial charge >= 0.3 is 5.97 Å². The third kappa shape index (κ3) is 3.39. The molecule has 0 radical (unpaired) electrons. The largest absolute Gasteiger partial charge is 0.423 e. The van der Waals surface area contributed by atoms with Gasteiger partial charge in [-0.3, -0.25) is 4.31 Å². The summed E-state index contributed by atoms with van der Waals surface area (Å²) < 4.78 is 33.0. The van der Waals surface area contributed by atoms with Gasteiger partial charge in [0.05, 0.1) is 16.1 Å². The van der Waals surface area contributed by atoms with Crippen LogP contribution >= 0.6 is 0 Å². The van der Waals surface area contributed by atoms with Gasteiger partial charge in [-0.25, -0.2) is 13.2 Å². The van der Waals surface area contributed by atoms with E-state index in [2.05, 4.69) is 0 Å². The van der Waals surface area contributed by atoms with E-state index in [-0.39, 0.29) is 10.5 Å². The number of anilines is 1. The lowest BCUT2D eigenvalue weighted by atomic mass is 10.2. The maximum Gasteiger partial charge on any atom is 0.343 e. The van der Waals surface area contributed by atoms with Gasteiger partial charge in [-0.2, -0.15) is 0 Å². The summed E-state index contributed by atoms with van der Waals surface area (Å²) in [5.41, 5.74) is 2.93. The molecule has 5 nitrogen and oxygen atoms in total. The first-order valence-corrected chi connectivity index (χ1v) is 10.4. The highest BCUT2D eigenvalue weighted by atomic mass is 32.2. The molecule has 0 fully saturated rings. The lowest BCUT2D eigenvalue weighted by Gasteiger charge is -2.19. The van der Waals surface area contributed by atoms with E-state index in [9.17, 15) is 13.2 Å². The van der Waals surface area contributed by atoms with Crippen molar-refractivity contribution in [1.82, 2.24) is 0 Å². The molecule has 142 valence electrons. The molecule has 0 unspecified atom stereocenters. The fraction of sp³-hybridized carbons (Fsp3) is 0.136. The van der Waals surface area contributed by atoms with Crippen molar-refractivity contribution in [3.05, 3.63) is 89.5 Å². The second-order valence-corrected chi connectivity index (χ2v) is 8.55. The molecule has 6 heteroatoms. The molecular weight excluding hydrogens is 374 g/mol. The number of para-hydroxylation sites is 1. The third-order valence-electron chi connectivity index (χ3n) is 4.73. The molecule has 1 aliphatic rings. The van der Waals surface area contributed by atoms with Crippen LogP contribution in [-0.4, -0.2) is 20.9 Å². The number of esters is 1. The number of aryl methyl sites for hydroxylation is 1. The zero-order valence-electron chi connectivity index (χ0n) is 15.3. The fourth-order valence-corrected chi connectivity index (χ4v) is 4.79. The van der Waals surface area contributed by atoms with E-state index < -0.39 is 16.0 Å². The molecule has 0 saturated carbocycles. The lowest BCUT2D eigenvalue weighted by molar-refractivity contribution is 0.0734. The summed E-state index contributed by atoms with van der Waals surface area (Å²) in [6, 6.07) is 20.5. The Labute approximate surface area is 164 Å². The van der Waals surface area contributed by atoms with Gasteiger partial charge in [0, 0.05) is 6.54 Å². The summed E-state index contributed by atoms with van der Waals surface area (Å²) in [6.07, 6.45) is 0.671. The van der Waals surface area contributed by atoms with Crippen molar-refractivity contribution in [3.63, 3.8) is 0 Å². The van der Waals surface area contributed by atoms with Gasteiger partial charge in [0.2, 0.25) is 0 Å². The zero-order chi connectivity index (χ0) is 19.7. The molecule has 0 N–H and O–H groups in total. The predicted molar refractivity (Wildman–Crippen MR) is 107 cm³/mol. The number of benzene rings is 3. The minimum atomic E-state index is -3.76. The smallest absolute Gasteiger partial charge is 0.343 e. The van der Waals surface area contributed by atoms with Gasteiger partial charge in [-0.1, -0.05) is 42.0 Å². The molecule has 0 aromatic heterocycles. The number of carbonyl (C=O) groups is 1. The topological polar surface area (TPSA) is 63.7 Å². The number of sulfonamides is 1. The van der Waals surface area contributed by atoms with Gasteiger partial charge in [0.1, 0.15) is 5.75 Å². The van der Waals surface area contributed by atoms with Crippen LogP contribution in [0.4, 0.5) is 5.69 Å². The molecule has 1 heterocycles. The highest BCUT2D eigenvalue weighted by Crippen LogP contribution is 2.32. The Morgan fingerprint density at radius 3 is 2.50 bits per heavy atom. The maximum absolute atomic E-state index is 13.1. The molecule has 0 atom stereocenters. The van der Waals surface area contributed by atoms with Crippen molar-refractivity contribution in [2.24, 2.45) is 0 Å². The minimum Gasteiger partial charge on any atom is -0.423 e. The van der Waals surface area contributed by atoms with Crippen LogP contribution in [0.1, 0.15) is 21.5 Å². The van der Waals surface area contributed by atoms with E-state index in [1.54, 1.807) is 30.3 Å². The highest BCUT2D eigenvalue weighted by molar-refractivity contribution is 7.92. The molecule has 28 heavy (non-hydrogen) atoms. The van der Waals surface area contributed by atoms with Crippen molar-refractivity contribution in [2.75, 3.05) is 10.8 Å². The summed E-state index contributed by atoms with van der Waals surface area (Å²) >= 11 is 0. The van der Waals surface area contributed by atoms with Crippen molar-refractivity contribution >= 4 is 21.7 Å². The SMILES string of the molecule is Cc1ccc(OC(=O)c2cccc(S(=O)(=O)N3CCc4ccccc43)c2)cc1. The molecule has 0 bridgehead atoms. The Morgan fingerprint density at radius 1 is 0.964 bits per heavy atom. The molecule has 0 aliphatic carbocycles. The Kier molecular flexibility index (Phi) is 4.65. The molecular formula is C22H19NO4S. The second kappa shape index (κ2) is 7.13. The maximum atomic E-state index is 13.1. The molecule has 0 spiro atoms. The standard InChI is InChI=1S/C22H19NO4S/c1-16-9-11-19(12-10-16)27-22(24)18-6-4-7-20(15-18)28(25,26)23-14-13-17-5-2-3-8-21(17)23/h2-12,15H,13-14H2,1H3. The van der Waals surface area contributed by atoms with Gasteiger partial charge < -0.3 is 4.74 Å². The van der Waals surface area contributed by atoms with Gasteiger partial charge in [0.15, 0.2) is 0 Å². The highest BCUT2D eigenvalue weighted by Gasteiger charge is 2.31. The van der Waals surface area contributed by atoms with E-state index >= 15 is 0 Å². The number of carbonyl (C=O) groups excluding carboxylic acids is 1. The summed E-state index contributed by atoms with van der Waals surface area (Å²) in [7, 11) is -3.76. The average Bonchev–Trinajstić information content (AvgIpc) is 3.15. The van der Waals surface area contributed by atoms with Crippen molar-refractivity contribution in [2.45, 2.75) is 18.2 Å². The molecule has 3 aromatic rings. The molecule has 1 aliphatic heterocycles. The Hall–Kier alpha value is -3.12. The zero-order valence-corrected chi connectivity index (χ0v) is 16.1. The van der Waals surface area contributed by atoms with E-state index in [0.717, 1.165) is 11.1 Å². The van der Waals surface area contributed by atoms with E-state index in [0.29, 0.717) is 24.4 Å². The summed E-state index contributed by atoms with van der Waals surface area (Å²) in [6.45, 7) is 2.33. The number of fused-ring (bicyclic) bond motifs is 1. The molecule has 0 saturated heterocycles. The van der Waals surface area contributed by atoms with Crippen LogP contribution < -0.4 is 9.04 Å². The number of ether oxygens (including phenoxy) is 1. The Balaban J connectivity index is 1.61. The van der Waals surface area contributed by atoms with Crippen LogP contribution in [0.25, 0.3) is 0 Å². The van der Waals surface area contributed by atoms with Crippen LogP contribution in [-0.2, 0) is 16.4 Å².